The molecule has 1 heterocycles. The average molecular weight is 279 g/mol. The number of benzene rings is 2. The van der Waals surface area contributed by atoms with Crippen LogP contribution in [0.15, 0.2) is 48.7 Å². The Balaban J connectivity index is 2.15. The third kappa shape index (κ3) is 2.31. The summed E-state index contributed by atoms with van der Waals surface area (Å²) in [7, 11) is 0. The second kappa shape index (κ2) is 5.09. The molecular formula is C18H17NO2. The standard InChI is InChI=1S/C18H17NO2/c1-12-6-5-7-13(2)15(12)10-19-11-16(18(20)21)14-8-3-4-9-17(14)19/h3-9,11H,10H2,1-2H3,(H,20,21). The molecule has 0 aliphatic heterocycles. The summed E-state index contributed by atoms with van der Waals surface area (Å²) < 4.78 is 2.02. The van der Waals surface area contributed by atoms with Gasteiger partial charge in [0, 0.05) is 23.6 Å². The van der Waals surface area contributed by atoms with Crippen molar-refractivity contribution < 1.29 is 9.90 Å². The number of carboxylic acids is 1. The number of aryl methyl sites for hydroxylation is 2. The first kappa shape index (κ1) is 13.4. The molecule has 0 saturated carbocycles. The lowest BCUT2D eigenvalue weighted by atomic mass is 10.0. The zero-order chi connectivity index (χ0) is 15.0. The van der Waals surface area contributed by atoms with E-state index in [1.165, 1.54) is 16.7 Å². The Morgan fingerprint density at radius 1 is 1.05 bits per heavy atom. The van der Waals surface area contributed by atoms with E-state index in [4.69, 9.17) is 0 Å². The number of aromatic carboxylic acids is 1. The van der Waals surface area contributed by atoms with Gasteiger partial charge in [-0.2, -0.15) is 0 Å². The molecule has 0 amide bonds. The molecule has 106 valence electrons. The molecule has 3 heteroatoms. The third-order valence-electron chi connectivity index (χ3n) is 3.99. The minimum atomic E-state index is -0.883. The fourth-order valence-electron chi connectivity index (χ4n) is 2.82. The van der Waals surface area contributed by atoms with Gasteiger partial charge in [0.2, 0.25) is 0 Å². The number of aromatic nitrogens is 1. The van der Waals surface area contributed by atoms with Crippen molar-refractivity contribution in [2.24, 2.45) is 0 Å². The molecule has 21 heavy (non-hydrogen) atoms. The first-order chi connectivity index (χ1) is 10.1. The van der Waals surface area contributed by atoms with Gasteiger partial charge in [-0.1, -0.05) is 36.4 Å². The Hall–Kier alpha value is -2.55. The summed E-state index contributed by atoms with van der Waals surface area (Å²) in [5.74, 6) is -0.883. The van der Waals surface area contributed by atoms with Crippen molar-refractivity contribution in [1.29, 1.82) is 0 Å². The quantitative estimate of drug-likeness (QED) is 0.787. The zero-order valence-corrected chi connectivity index (χ0v) is 12.1. The predicted molar refractivity (Wildman–Crippen MR) is 83.9 cm³/mol. The molecule has 0 radical (unpaired) electrons. The fraction of sp³-hybridized carbons (Fsp3) is 0.167. The van der Waals surface area contributed by atoms with Gasteiger partial charge in [0.1, 0.15) is 0 Å². The number of rotatable bonds is 3. The van der Waals surface area contributed by atoms with Gasteiger partial charge in [-0.15, -0.1) is 0 Å². The Bertz CT molecular complexity index is 810. The molecule has 0 aliphatic carbocycles. The summed E-state index contributed by atoms with van der Waals surface area (Å²) in [5, 5.41) is 10.1. The monoisotopic (exact) mass is 279 g/mol. The first-order valence-corrected chi connectivity index (χ1v) is 6.94. The van der Waals surface area contributed by atoms with Gasteiger partial charge in [0.05, 0.1) is 5.56 Å². The van der Waals surface area contributed by atoms with Crippen LogP contribution in [0.2, 0.25) is 0 Å². The maximum atomic E-state index is 11.4. The minimum Gasteiger partial charge on any atom is -0.478 e. The van der Waals surface area contributed by atoms with Crippen LogP contribution in [-0.2, 0) is 6.54 Å². The lowest BCUT2D eigenvalue weighted by molar-refractivity contribution is 0.0699. The molecule has 0 aliphatic rings. The lowest BCUT2D eigenvalue weighted by Crippen LogP contribution is -2.02. The van der Waals surface area contributed by atoms with Crippen molar-refractivity contribution in [3.63, 3.8) is 0 Å². The van der Waals surface area contributed by atoms with Gasteiger partial charge in [-0.3, -0.25) is 0 Å². The summed E-state index contributed by atoms with van der Waals surface area (Å²) in [5.41, 5.74) is 5.01. The van der Waals surface area contributed by atoms with Crippen LogP contribution in [0.3, 0.4) is 0 Å². The van der Waals surface area contributed by atoms with Crippen LogP contribution in [0.5, 0.6) is 0 Å². The molecule has 1 N–H and O–H groups in total. The van der Waals surface area contributed by atoms with E-state index in [1.54, 1.807) is 6.20 Å². The summed E-state index contributed by atoms with van der Waals surface area (Å²) in [6.07, 6.45) is 1.74. The smallest absolute Gasteiger partial charge is 0.337 e. The largest absolute Gasteiger partial charge is 0.478 e. The van der Waals surface area contributed by atoms with E-state index in [0.717, 1.165) is 10.9 Å². The topological polar surface area (TPSA) is 42.2 Å². The minimum absolute atomic E-state index is 0.358. The van der Waals surface area contributed by atoms with E-state index in [-0.39, 0.29) is 0 Å². The Morgan fingerprint density at radius 2 is 1.71 bits per heavy atom. The molecule has 0 atom stereocenters. The van der Waals surface area contributed by atoms with E-state index >= 15 is 0 Å². The molecule has 0 spiro atoms. The zero-order valence-electron chi connectivity index (χ0n) is 12.1. The first-order valence-electron chi connectivity index (χ1n) is 6.94. The molecule has 3 rings (SSSR count). The molecule has 0 fully saturated rings. The van der Waals surface area contributed by atoms with E-state index < -0.39 is 5.97 Å². The fourth-order valence-corrected chi connectivity index (χ4v) is 2.82. The highest BCUT2D eigenvalue weighted by Crippen LogP contribution is 2.24. The van der Waals surface area contributed by atoms with Crippen molar-refractivity contribution >= 4 is 16.9 Å². The van der Waals surface area contributed by atoms with Crippen LogP contribution >= 0.6 is 0 Å². The summed E-state index contributed by atoms with van der Waals surface area (Å²) in [4.78, 5) is 11.4. The van der Waals surface area contributed by atoms with Crippen LogP contribution in [0.25, 0.3) is 10.9 Å². The van der Waals surface area contributed by atoms with Crippen LogP contribution < -0.4 is 0 Å². The summed E-state index contributed by atoms with van der Waals surface area (Å²) in [6.45, 7) is 4.87. The predicted octanol–water partition coefficient (Wildman–Crippen LogP) is 4.00. The van der Waals surface area contributed by atoms with Crippen LogP contribution in [0.4, 0.5) is 0 Å². The molecule has 3 nitrogen and oxygen atoms in total. The maximum absolute atomic E-state index is 11.4. The van der Waals surface area contributed by atoms with Crippen molar-refractivity contribution in [1.82, 2.24) is 4.57 Å². The van der Waals surface area contributed by atoms with Crippen LogP contribution in [-0.4, -0.2) is 15.6 Å². The number of carbonyl (C=O) groups is 1. The third-order valence-corrected chi connectivity index (χ3v) is 3.99. The second-order valence-corrected chi connectivity index (χ2v) is 5.36. The molecule has 0 saturated heterocycles. The van der Waals surface area contributed by atoms with Crippen molar-refractivity contribution in [2.45, 2.75) is 20.4 Å². The Labute approximate surface area is 123 Å². The molecule has 0 bridgehead atoms. The molecule has 0 unspecified atom stereocenters. The van der Waals surface area contributed by atoms with Gasteiger partial charge >= 0.3 is 5.97 Å². The van der Waals surface area contributed by atoms with Gasteiger partial charge in [-0.05, 0) is 36.6 Å². The summed E-state index contributed by atoms with van der Waals surface area (Å²) in [6, 6.07) is 13.9. The number of hydrogen-bond donors (Lipinski definition) is 1. The van der Waals surface area contributed by atoms with Crippen molar-refractivity contribution in [3.05, 3.63) is 70.9 Å². The van der Waals surface area contributed by atoms with Gasteiger partial charge in [-0.25, -0.2) is 4.79 Å². The Morgan fingerprint density at radius 3 is 2.38 bits per heavy atom. The van der Waals surface area contributed by atoms with E-state index in [9.17, 15) is 9.90 Å². The number of nitrogens with zero attached hydrogens (tertiary/aromatic N) is 1. The van der Waals surface area contributed by atoms with Crippen molar-refractivity contribution in [3.8, 4) is 0 Å². The Kier molecular flexibility index (Phi) is 3.26. The van der Waals surface area contributed by atoms with Crippen LogP contribution in [0.1, 0.15) is 27.0 Å². The molecule has 1 aromatic heterocycles. The van der Waals surface area contributed by atoms with E-state index in [1.807, 2.05) is 34.9 Å². The lowest BCUT2D eigenvalue weighted by Gasteiger charge is -2.11. The number of carboxylic acid groups (broad SMARTS) is 1. The van der Waals surface area contributed by atoms with E-state index in [2.05, 4.69) is 26.0 Å². The van der Waals surface area contributed by atoms with Gasteiger partial charge in [0.25, 0.3) is 0 Å². The highest BCUT2D eigenvalue weighted by atomic mass is 16.4. The van der Waals surface area contributed by atoms with Crippen molar-refractivity contribution in [2.75, 3.05) is 0 Å². The van der Waals surface area contributed by atoms with E-state index in [0.29, 0.717) is 12.1 Å². The normalized spacial score (nSPS) is 11.0. The highest BCUT2D eigenvalue weighted by Gasteiger charge is 2.14. The summed E-state index contributed by atoms with van der Waals surface area (Å²) >= 11 is 0. The maximum Gasteiger partial charge on any atom is 0.337 e. The molecule has 2 aromatic carbocycles. The number of para-hydroxylation sites is 1. The number of fused-ring (bicyclic) bond motifs is 1. The average Bonchev–Trinajstić information content (AvgIpc) is 2.82. The SMILES string of the molecule is Cc1cccc(C)c1Cn1cc(C(=O)O)c2ccccc21. The van der Waals surface area contributed by atoms with Gasteiger partial charge < -0.3 is 9.67 Å². The second-order valence-electron chi connectivity index (χ2n) is 5.36. The molecular weight excluding hydrogens is 262 g/mol. The highest BCUT2D eigenvalue weighted by molar-refractivity contribution is 6.03. The molecule has 3 aromatic rings. The van der Waals surface area contributed by atoms with Gasteiger partial charge in [0.15, 0.2) is 0 Å². The number of hydrogen-bond acceptors (Lipinski definition) is 1. The van der Waals surface area contributed by atoms with Crippen LogP contribution in [0, 0.1) is 13.8 Å².